The summed E-state index contributed by atoms with van der Waals surface area (Å²) in [5.74, 6) is 0. The van der Waals surface area contributed by atoms with E-state index in [0.29, 0.717) is 0 Å². The molecule has 36 valence electrons. The van der Waals surface area contributed by atoms with E-state index in [2.05, 4.69) is 0 Å². The van der Waals surface area contributed by atoms with E-state index >= 15 is 0 Å². The molecule has 0 radical (unpaired) electrons. The molecule has 0 fully saturated rings. The zero-order valence-corrected chi connectivity index (χ0v) is 10.8. The molecule has 0 aliphatic carbocycles. The van der Waals surface area contributed by atoms with Crippen LogP contribution in [0, 0.1) is 0 Å². The fourth-order valence-corrected chi connectivity index (χ4v) is 0. The molecule has 0 bridgehead atoms. The van der Waals surface area contributed by atoms with Crippen molar-refractivity contribution >= 4 is 83.2 Å². The van der Waals surface area contributed by atoms with Crippen LogP contribution in [0.4, 0.5) is 0 Å². The van der Waals surface area contributed by atoms with Gasteiger partial charge in [0.1, 0.15) is 0 Å². The van der Waals surface area contributed by atoms with E-state index in [4.69, 9.17) is 0 Å². The normalized spacial score (nSPS) is 0. The molecule has 4 nitrogen and oxygen atoms in total. The van der Waals surface area contributed by atoms with Gasteiger partial charge in [0.25, 0.3) is 0 Å². The van der Waals surface area contributed by atoms with Crippen molar-refractivity contribution in [1.29, 1.82) is 0 Å². The third kappa shape index (κ3) is 46.5. The van der Waals surface area contributed by atoms with Crippen LogP contribution in [-0.4, -0.2) is 83.2 Å². The molecule has 0 unspecified atom stereocenters. The molecule has 0 rings (SSSR count). The van der Waals surface area contributed by atoms with Crippen molar-refractivity contribution in [3.63, 3.8) is 0 Å². The van der Waals surface area contributed by atoms with Gasteiger partial charge in [-0.1, -0.05) is 0 Å². The Kier molecular flexibility index (Phi) is 726. The fourth-order valence-electron chi connectivity index (χ4n) is 0. The van der Waals surface area contributed by atoms with Crippen LogP contribution >= 0.6 is 0 Å². The van der Waals surface area contributed by atoms with Crippen LogP contribution in [0.3, 0.4) is 0 Å². The van der Waals surface area contributed by atoms with Crippen LogP contribution in [-0.2, 0) is 41.4 Å². The molecule has 7 heavy (non-hydrogen) atoms. The first kappa shape index (κ1) is 84.2. The van der Waals surface area contributed by atoms with Crippen LogP contribution in [0.5, 0.6) is 0 Å². The van der Waals surface area contributed by atoms with E-state index in [1.165, 1.54) is 0 Å². The minimum Gasteiger partial charge on any atom is -2.00 e. The second-order valence-electron chi connectivity index (χ2n) is 0. The average Bonchev–Trinajstić information content (AvgIpc) is 0. The number of hydrogen-bond donors (Lipinski definition) is 0. The smallest absolute Gasteiger partial charge is 2.00 e. The van der Waals surface area contributed by atoms with Crippen molar-refractivity contribution < 1.29 is 41.4 Å². The molecule has 0 saturated carbocycles. The zero-order valence-electron chi connectivity index (χ0n) is 3.40. The summed E-state index contributed by atoms with van der Waals surface area (Å²) < 4.78 is 0. The molecule has 0 spiro atoms. The maximum absolute atomic E-state index is 0. The predicted molar refractivity (Wildman–Crippen MR) is 14.3 cm³/mol. The van der Waals surface area contributed by atoms with Crippen LogP contribution < -0.4 is 0 Å². The van der Waals surface area contributed by atoms with E-state index in [1.54, 1.807) is 0 Å². The first-order valence-corrected chi connectivity index (χ1v) is 0. The molecule has 0 atom stereocenters. The second kappa shape index (κ2) is 60.4. The average molecular weight is 293 g/mol. The topological polar surface area (TPSA) is 114 Å². The summed E-state index contributed by atoms with van der Waals surface area (Å²) in [4.78, 5) is 0. The summed E-state index contributed by atoms with van der Waals surface area (Å²) in [5.41, 5.74) is 0. The Hall–Kier alpha value is 3.20. The van der Waals surface area contributed by atoms with Gasteiger partial charge >= 0.3 is 103 Å². The standard InChI is InChI=1S/Ca.4O.Ru.Sr/q+2;4*-2;+4;+2. The summed E-state index contributed by atoms with van der Waals surface area (Å²) in [7, 11) is 0. The van der Waals surface area contributed by atoms with E-state index in [9.17, 15) is 0 Å². The Labute approximate surface area is 122 Å². The molecule has 0 aromatic carbocycles. The first-order valence-electron chi connectivity index (χ1n) is 0. The molecular weight excluding hydrogens is 293 g/mol. The van der Waals surface area contributed by atoms with Gasteiger partial charge in [0.2, 0.25) is 0 Å². The van der Waals surface area contributed by atoms with Gasteiger partial charge in [-0.25, -0.2) is 0 Å². The number of hydrogen-bond acceptors (Lipinski definition) is 0. The van der Waals surface area contributed by atoms with Crippen LogP contribution in [0.1, 0.15) is 0 Å². The minimum absolute atomic E-state index is 0. The minimum atomic E-state index is 0. The van der Waals surface area contributed by atoms with Gasteiger partial charge < -0.3 is 21.9 Å². The van der Waals surface area contributed by atoms with Crippen LogP contribution in [0.25, 0.3) is 0 Å². The molecule has 0 aromatic rings. The molecular formula is CaO4RuSr. The van der Waals surface area contributed by atoms with Gasteiger partial charge in [-0.15, -0.1) is 0 Å². The third-order valence-corrected chi connectivity index (χ3v) is 0. The maximum Gasteiger partial charge on any atom is 4.00 e. The summed E-state index contributed by atoms with van der Waals surface area (Å²) >= 11 is 0. The number of rotatable bonds is 0. The van der Waals surface area contributed by atoms with Crippen molar-refractivity contribution in [2.75, 3.05) is 0 Å². The van der Waals surface area contributed by atoms with Gasteiger partial charge in [0.05, 0.1) is 0 Å². The van der Waals surface area contributed by atoms with E-state index in [-0.39, 0.29) is 125 Å². The van der Waals surface area contributed by atoms with Gasteiger partial charge in [-0.2, -0.15) is 0 Å². The zero-order chi connectivity index (χ0) is 0. The Morgan fingerprint density at radius 1 is 0.571 bits per heavy atom. The summed E-state index contributed by atoms with van der Waals surface area (Å²) in [6, 6.07) is 0. The van der Waals surface area contributed by atoms with Gasteiger partial charge in [0.15, 0.2) is 0 Å². The van der Waals surface area contributed by atoms with Gasteiger partial charge in [-0.3, -0.25) is 0 Å². The summed E-state index contributed by atoms with van der Waals surface area (Å²) in [6.45, 7) is 0. The van der Waals surface area contributed by atoms with Crippen molar-refractivity contribution in [3.05, 3.63) is 0 Å². The quantitative estimate of drug-likeness (QED) is 0.497. The third-order valence-electron chi connectivity index (χ3n) is 0. The Bertz CT molecular complexity index is 11.7. The molecule has 0 aromatic heterocycles. The molecule has 0 aliphatic rings. The molecule has 0 saturated heterocycles. The summed E-state index contributed by atoms with van der Waals surface area (Å²) in [5, 5.41) is 0. The maximum atomic E-state index is 0. The molecule has 0 N–H and O–H groups in total. The predicted octanol–water partition coefficient (Wildman–Crippen LogP) is -1.24. The van der Waals surface area contributed by atoms with Gasteiger partial charge in [-0.05, 0) is 0 Å². The Balaban J connectivity index is 0. The van der Waals surface area contributed by atoms with E-state index in [1.807, 2.05) is 0 Å². The Morgan fingerprint density at radius 2 is 0.571 bits per heavy atom. The largest absolute Gasteiger partial charge is 4.00 e. The van der Waals surface area contributed by atoms with Crippen molar-refractivity contribution in [2.45, 2.75) is 0 Å². The molecule has 0 heterocycles. The Morgan fingerprint density at radius 3 is 0.571 bits per heavy atom. The monoisotopic (exact) mass is 294 g/mol. The van der Waals surface area contributed by atoms with Crippen molar-refractivity contribution in [1.82, 2.24) is 0 Å². The molecule has 0 amide bonds. The SMILES string of the molecule is [Ca+2].[O-2].[O-2].[O-2].[O-2].[Ru+4].[Sr+2]. The first-order chi connectivity index (χ1) is 0. The van der Waals surface area contributed by atoms with Crippen molar-refractivity contribution in [3.8, 4) is 0 Å². The molecule has 0 aliphatic heterocycles. The van der Waals surface area contributed by atoms with Crippen LogP contribution in [0.15, 0.2) is 0 Å². The molecule has 7 heteroatoms. The van der Waals surface area contributed by atoms with Gasteiger partial charge in [0, 0.05) is 0 Å². The van der Waals surface area contributed by atoms with Crippen LogP contribution in [0.2, 0.25) is 0 Å². The fraction of sp³-hybridized carbons (Fsp3) is 0. The second-order valence-corrected chi connectivity index (χ2v) is 0. The van der Waals surface area contributed by atoms with E-state index in [0.717, 1.165) is 0 Å². The summed E-state index contributed by atoms with van der Waals surface area (Å²) in [6.07, 6.45) is 0. The van der Waals surface area contributed by atoms with E-state index < -0.39 is 0 Å². The van der Waals surface area contributed by atoms with Crippen molar-refractivity contribution in [2.24, 2.45) is 0 Å².